The fourth-order valence-corrected chi connectivity index (χ4v) is 3.34. The lowest BCUT2D eigenvalue weighted by Gasteiger charge is -2.10. The molecule has 2 nitrogen and oxygen atoms in total. The van der Waals surface area contributed by atoms with Gasteiger partial charge in [-0.2, -0.15) is 0 Å². The van der Waals surface area contributed by atoms with E-state index in [1.54, 1.807) is 6.21 Å². The van der Waals surface area contributed by atoms with E-state index < -0.39 is 0 Å². The van der Waals surface area contributed by atoms with E-state index in [2.05, 4.69) is 42.8 Å². The van der Waals surface area contributed by atoms with Crippen molar-refractivity contribution >= 4 is 55.4 Å². The van der Waals surface area contributed by atoms with E-state index in [0.717, 1.165) is 25.8 Å². The Labute approximate surface area is 151 Å². The summed E-state index contributed by atoms with van der Waals surface area (Å²) in [7, 11) is 0. The number of aryl methyl sites for hydroxylation is 1. The van der Waals surface area contributed by atoms with Crippen molar-refractivity contribution in [2.75, 3.05) is 6.61 Å². The molecule has 0 heterocycles. The van der Waals surface area contributed by atoms with Gasteiger partial charge >= 0.3 is 0 Å². The smallest absolute Gasteiger partial charge is 0.148 e. The van der Waals surface area contributed by atoms with Crippen molar-refractivity contribution < 1.29 is 4.74 Å². The average molecular weight is 442 g/mol. The predicted molar refractivity (Wildman–Crippen MR) is 99.6 cm³/mol. The van der Waals surface area contributed by atoms with Crippen molar-refractivity contribution in [3.63, 3.8) is 0 Å². The third-order valence-corrected chi connectivity index (χ3v) is 4.13. The van der Waals surface area contributed by atoms with E-state index >= 15 is 0 Å². The van der Waals surface area contributed by atoms with Crippen LogP contribution < -0.4 is 4.74 Å². The van der Waals surface area contributed by atoms with Crippen LogP contribution in [0.1, 0.15) is 11.1 Å². The Hall–Kier alpha value is -1.28. The molecule has 0 saturated carbocycles. The van der Waals surface area contributed by atoms with Crippen molar-refractivity contribution in [1.82, 2.24) is 0 Å². The minimum atomic E-state index is 0.192. The molecule has 0 fully saturated rings. The van der Waals surface area contributed by atoms with Crippen LogP contribution in [0.2, 0.25) is 5.02 Å². The molecule has 0 aliphatic carbocycles. The zero-order valence-corrected chi connectivity index (χ0v) is 15.7. The van der Waals surface area contributed by atoms with E-state index in [1.165, 1.54) is 0 Å². The van der Waals surface area contributed by atoms with E-state index in [9.17, 15) is 0 Å². The van der Waals surface area contributed by atoms with Gasteiger partial charge in [0.1, 0.15) is 12.4 Å². The summed E-state index contributed by atoms with van der Waals surface area (Å²) in [5.74, 6) is 3.12. The lowest BCUT2D eigenvalue weighted by Crippen LogP contribution is -1.99. The quantitative estimate of drug-likeness (QED) is 0.425. The molecule has 0 radical (unpaired) electrons. The predicted octanol–water partition coefficient (Wildman–Crippen LogP) is 5.94. The standard InChI is InChI=1S/C17H12Br2ClNO/c1-3-6-22-17-12(7-13(18)8-15(17)19)10-21-16-9-14(20)5-4-11(16)2/h1,4-5,7-10H,6H2,2H3. The molecule has 0 unspecified atom stereocenters. The van der Waals surface area contributed by atoms with Gasteiger partial charge in [0.05, 0.1) is 10.2 Å². The van der Waals surface area contributed by atoms with Gasteiger partial charge in [0.25, 0.3) is 0 Å². The lowest BCUT2D eigenvalue weighted by molar-refractivity contribution is 0.367. The number of nitrogens with zero attached hydrogens (tertiary/aromatic N) is 1. The molecule has 5 heteroatoms. The summed E-state index contributed by atoms with van der Waals surface area (Å²) < 4.78 is 7.31. The van der Waals surface area contributed by atoms with Crippen molar-refractivity contribution in [3.05, 3.63) is 55.4 Å². The maximum absolute atomic E-state index is 6.01. The molecule has 0 amide bonds. The molecule has 2 rings (SSSR count). The Kier molecular flexibility index (Phi) is 6.07. The van der Waals surface area contributed by atoms with Crippen LogP contribution in [0.4, 0.5) is 5.69 Å². The Morgan fingerprint density at radius 3 is 2.82 bits per heavy atom. The fraction of sp³-hybridized carbons (Fsp3) is 0.118. The summed E-state index contributed by atoms with van der Waals surface area (Å²) in [6.45, 7) is 2.17. The first-order chi connectivity index (χ1) is 10.5. The van der Waals surface area contributed by atoms with Gasteiger partial charge in [-0.3, -0.25) is 4.99 Å². The highest BCUT2D eigenvalue weighted by atomic mass is 79.9. The summed E-state index contributed by atoms with van der Waals surface area (Å²) in [6.07, 6.45) is 7.00. The van der Waals surface area contributed by atoms with Crippen LogP contribution >= 0.6 is 43.5 Å². The number of hydrogen-bond acceptors (Lipinski definition) is 2. The first-order valence-corrected chi connectivity index (χ1v) is 8.33. The van der Waals surface area contributed by atoms with Gasteiger partial charge in [-0.25, -0.2) is 0 Å². The van der Waals surface area contributed by atoms with Crippen LogP contribution in [-0.2, 0) is 0 Å². The van der Waals surface area contributed by atoms with Gasteiger partial charge in [-0.15, -0.1) is 6.42 Å². The molecule has 0 N–H and O–H groups in total. The monoisotopic (exact) mass is 439 g/mol. The molecule has 0 aliphatic rings. The molecule has 2 aromatic carbocycles. The highest BCUT2D eigenvalue weighted by Crippen LogP contribution is 2.32. The van der Waals surface area contributed by atoms with Gasteiger partial charge in [-0.1, -0.05) is 39.5 Å². The first-order valence-electron chi connectivity index (χ1n) is 6.37. The van der Waals surface area contributed by atoms with Gasteiger partial charge < -0.3 is 4.74 Å². The highest BCUT2D eigenvalue weighted by Gasteiger charge is 2.09. The van der Waals surface area contributed by atoms with Crippen LogP contribution in [0, 0.1) is 19.3 Å². The zero-order valence-electron chi connectivity index (χ0n) is 11.7. The largest absolute Gasteiger partial charge is 0.479 e. The number of benzene rings is 2. The third-order valence-electron chi connectivity index (χ3n) is 2.85. The normalized spacial score (nSPS) is 10.7. The van der Waals surface area contributed by atoms with Crippen LogP contribution in [0.5, 0.6) is 5.75 Å². The zero-order chi connectivity index (χ0) is 16.1. The van der Waals surface area contributed by atoms with Gasteiger partial charge in [0.15, 0.2) is 0 Å². The molecule has 0 saturated heterocycles. The van der Waals surface area contributed by atoms with E-state index in [4.69, 9.17) is 22.8 Å². The highest BCUT2D eigenvalue weighted by molar-refractivity contribution is 9.11. The summed E-state index contributed by atoms with van der Waals surface area (Å²) in [5, 5.41) is 0.650. The molecule has 22 heavy (non-hydrogen) atoms. The number of hydrogen-bond donors (Lipinski definition) is 0. The first kappa shape index (κ1) is 17.1. The minimum absolute atomic E-state index is 0.192. The summed E-state index contributed by atoms with van der Waals surface area (Å²) >= 11 is 12.9. The van der Waals surface area contributed by atoms with Crippen molar-refractivity contribution in [2.24, 2.45) is 4.99 Å². The van der Waals surface area contributed by atoms with Crippen molar-refractivity contribution in [3.8, 4) is 18.1 Å². The van der Waals surface area contributed by atoms with E-state index in [-0.39, 0.29) is 6.61 Å². The summed E-state index contributed by atoms with van der Waals surface area (Å²) in [4.78, 5) is 4.51. The summed E-state index contributed by atoms with van der Waals surface area (Å²) in [5.41, 5.74) is 2.67. The molecule has 0 aromatic heterocycles. The van der Waals surface area contributed by atoms with Gasteiger partial charge in [-0.05, 0) is 52.7 Å². The molecule has 0 aliphatic heterocycles. The van der Waals surface area contributed by atoms with Gasteiger partial charge in [0, 0.05) is 21.3 Å². The Bertz CT molecular complexity index is 766. The number of terminal acetylenes is 1. The van der Waals surface area contributed by atoms with Crippen molar-refractivity contribution in [1.29, 1.82) is 0 Å². The Morgan fingerprint density at radius 2 is 2.09 bits per heavy atom. The molecule has 2 aromatic rings. The molecule has 0 bridgehead atoms. The Balaban J connectivity index is 2.41. The van der Waals surface area contributed by atoms with Crippen LogP contribution in [-0.4, -0.2) is 12.8 Å². The third kappa shape index (κ3) is 4.36. The number of halogens is 3. The average Bonchev–Trinajstić information content (AvgIpc) is 2.47. The van der Waals surface area contributed by atoms with E-state index in [0.29, 0.717) is 10.8 Å². The minimum Gasteiger partial charge on any atom is -0.479 e. The topological polar surface area (TPSA) is 21.6 Å². The summed E-state index contributed by atoms with van der Waals surface area (Å²) in [6, 6.07) is 9.41. The molecule has 112 valence electrons. The molecular formula is C17H12Br2ClNO. The maximum Gasteiger partial charge on any atom is 0.148 e. The number of ether oxygens (including phenoxy) is 1. The number of rotatable bonds is 4. The fourth-order valence-electron chi connectivity index (χ4n) is 1.80. The van der Waals surface area contributed by atoms with Crippen LogP contribution in [0.3, 0.4) is 0 Å². The second-order valence-electron chi connectivity index (χ2n) is 4.49. The Morgan fingerprint density at radius 1 is 1.32 bits per heavy atom. The molecule has 0 spiro atoms. The maximum atomic E-state index is 6.01. The van der Waals surface area contributed by atoms with Crippen molar-refractivity contribution in [2.45, 2.75) is 6.92 Å². The van der Waals surface area contributed by atoms with Crippen LogP contribution in [0.15, 0.2) is 44.3 Å². The van der Waals surface area contributed by atoms with Crippen LogP contribution in [0.25, 0.3) is 0 Å². The molecule has 0 atom stereocenters. The van der Waals surface area contributed by atoms with Gasteiger partial charge in [0.2, 0.25) is 0 Å². The molecular weight excluding hydrogens is 429 g/mol. The second kappa shape index (κ2) is 7.82. The second-order valence-corrected chi connectivity index (χ2v) is 6.69. The lowest BCUT2D eigenvalue weighted by atomic mass is 10.2. The van der Waals surface area contributed by atoms with E-state index in [1.807, 2.05) is 37.3 Å². The number of aliphatic imine (C=N–C) groups is 1. The SMILES string of the molecule is C#CCOc1c(Br)cc(Br)cc1C=Nc1cc(Cl)ccc1C.